The maximum Gasteiger partial charge on any atom is 0.293 e. The van der Waals surface area contributed by atoms with E-state index in [-0.39, 0.29) is 11.3 Å². The van der Waals surface area contributed by atoms with Gasteiger partial charge >= 0.3 is 0 Å². The lowest BCUT2D eigenvalue weighted by Gasteiger charge is -1.99. The summed E-state index contributed by atoms with van der Waals surface area (Å²) in [5, 5.41) is 0. The Morgan fingerprint density at radius 2 is 2.45 bits per heavy atom. The molecule has 0 spiro atoms. The number of rotatable bonds is 2. The van der Waals surface area contributed by atoms with E-state index < -0.39 is 0 Å². The topological polar surface area (TPSA) is 55.0 Å². The van der Waals surface area contributed by atoms with Crippen molar-refractivity contribution < 1.29 is 4.74 Å². The van der Waals surface area contributed by atoms with E-state index in [1.807, 2.05) is 6.92 Å². The summed E-state index contributed by atoms with van der Waals surface area (Å²) in [6.07, 6.45) is 1.43. The van der Waals surface area contributed by atoms with E-state index in [4.69, 9.17) is 4.74 Å². The maximum absolute atomic E-state index is 11.0. The molecule has 1 aromatic rings. The summed E-state index contributed by atoms with van der Waals surface area (Å²) in [4.78, 5) is 17.4. The zero-order valence-corrected chi connectivity index (χ0v) is 6.55. The molecule has 4 nitrogen and oxygen atoms in total. The molecule has 0 amide bonds. The Balaban J connectivity index is 3.00. The third-order valence-electron chi connectivity index (χ3n) is 1.19. The van der Waals surface area contributed by atoms with Crippen LogP contribution in [-0.4, -0.2) is 16.6 Å². The van der Waals surface area contributed by atoms with Crippen molar-refractivity contribution in [1.29, 1.82) is 0 Å². The van der Waals surface area contributed by atoms with Crippen LogP contribution in [0.1, 0.15) is 12.7 Å². The number of aryl methyl sites for hydroxylation is 1. The monoisotopic (exact) mass is 154 g/mol. The fraction of sp³-hybridized carbons (Fsp3) is 0.429. The Morgan fingerprint density at radius 3 is 3.00 bits per heavy atom. The number of ether oxygens (including phenoxy) is 1. The van der Waals surface area contributed by atoms with E-state index in [9.17, 15) is 4.79 Å². The Bertz CT molecular complexity index is 293. The van der Waals surface area contributed by atoms with Crippen LogP contribution in [0.15, 0.2) is 11.0 Å². The van der Waals surface area contributed by atoms with Gasteiger partial charge in [-0.15, -0.1) is 0 Å². The molecule has 0 bridgehead atoms. The lowest BCUT2D eigenvalue weighted by atomic mass is 10.5. The maximum atomic E-state index is 11.0. The van der Waals surface area contributed by atoms with Crippen LogP contribution >= 0.6 is 0 Å². The fourth-order valence-electron chi connectivity index (χ4n) is 0.731. The van der Waals surface area contributed by atoms with E-state index in [0.717, 1.165) is 0 Å². The van der Waals surface area contributed by atoms with Crippen LogP contribution in [0.4, 0.5) is 0 Å². The number of hydrogen-bond acceptors (Lipinski definition) is 3. The second kappa shape index (κ2) is 3.18. The van der Waals surface area contributed by atoms with E-state index in [2.05, 4.69) is 9.97 Å². The van der Waals surface area contributed by atoms with Crippen molar-refractivity contribution in [2.45, 2.75) is 13.8 Å². The van der Waals surface area contributed by atoms with Gasteiger partial charge in [0.15, 0.2) is 0 Å². The number of H-pyrrole nitrogens is 1. The Morgan fingerprint density at radius 1 is 1.73 bits per heavy atom. The smallest absolute Gasteiger partial charge is 0.293 e. The van der Waals surface area contributed by atoms with Crippen molar-refractivity contribution in [1.82, 2.24) is 9.97 Å². The van der Waals surface area contributed by atoms with Gasteiger partial charge in [0.25, 0.3) is 5.56 Å². The summed E-state index contributed by atoms with van der Waals surface area (Å²) < 4.78 is 4.99. The van der Waals surface area contributed by atoms with Crippen molar-refractivity contribution >= 4 is 0 Å². The van der Waals surface area contributed by atoms with Gasteiger partial charge in [0.05, 0.1) is 12.8 Å². The van der Waals surface area contributed by atoms with Crippen LogP contribution in [0.5, 0.6) is 5.75 Å². The first-order chi connectivity index (χ1) is 5.24. The minimum atomic E-state index is -0.223. The van der Waals surface area contributed by atoms with E-state index >= 15 is 0 Å². The summed E-state index contributed by atoms with van der Waals surface area (Å²) in [5.41, 5.74) is -0.223. The molecule has 0 saturated carbocycles. The van der Waals surface area contributed by atoms with Gasteiger partial charge in [0.2, 0.25) is 5.75 Å². The first-order valence-electron chi connectivity index (χ1n) is 3.42. The molecule has 0 saturated heterocycles. The van der Waals surface area contributed by atoms with Gasteiger partial charge in [-0.05, 0) is 13.8 Å². The van der Waals surface area contributed by atoms with Gasteiger partial charge in [-0.2, -0.15) is 0 Å². The molecule has 1 N–H and O–H groups in total. The number of nitrogens with zero attached hydrogens (tertiary/aromatic N) is 1. The number of hydrogen-bond donors (Lipinski definition) is 1. The molecule has 0 aliphatic heterocycles. The number of aromatic amines is 1. The van der Waals surface area contributed by atoms with Crippen LogP contribution < -0.4 is 10.3 Å². The van der Waals surface area contributed by atoms with Crippen molar-refractivity contribution in [2.24, 2.45) is 0 Å². The van der Waals surface area contributed by atoms with Crippen LogP contribution in [-0.2, 0) is 0 Å². The molecular formula is C7H10N2O2. The van der Waals surface area contributed by atoms with Gasteiger partial charge < -0.3 is 9.72 Å². The molecular weight excluding hydrogens is 144 g/mol. The lowest BCUT2D eigenvalue weighted by Crippen LogP contribution is -2.12. The zero-order valence-electron chi connectivity index (χ0n) is 6.55. The van der Waals surface area contributed by atoms with E-state index in [1.165, 1.54) is 6.20 Å². The number of aromatic nitrogens is 2. The Hall–Kier alpha value is -1.32. The van der Waals surface area contributed by atoms with E-state index in [1.54, 1.807) is 6.92 Å². The van der Waals surface area contributed by atoms with Gasteiger partial charge in [0.1, 0.15) is 5.82 Å². The zero-order chi connectivity index (χ0) is 8.27. The summed E-state index contributed by atoms with van der Waals surface area (Å²) in [6, 6.07) is 0. The van der Waals surface area contributed by atoms with Crippen LogP contribution in [0.2, 0.25) is 0 Å². The Kier molecular flexibility index (Phi) is 2.25. The minimum absolute atomic E-state index is 0.223. The molecule has 0 aromatic carbocycles. The summed E-state index contributed by atoms with van der Waals surface area (Å²) in [5.74, 6) is 0.872. The second-order valence-corrected chi connectivity index (χ2v) is 2.09. The van der Waals surface area contributed by atoms with Gasteiger partial charge in [-0.1, -0.05) is 0 Å². The molecule has 1 rings (SSSR count). The first-order valence-corrected chi connectivity index (χ1v) is 3.42. The third-order valence-corrected chi connectivity index (χ3v) is 1.19. The summed E-state index contributed by atoms with van der Waals surface area (Å²) in [6.45, 7) is 4.02. The molecule has 0 fully saturated rings. The SMILES string of the molecule is CCOc1cnc(C)[nH]c1=O. The highest BCUT2D eigenvalue weighted by atomic mass is 16.5. The van der Waals surface area contributed by atoms with Gasteiger partial charge in [-0.3, -0.25) is 4.79 Å². The van der Waals surface area contributed by atoms with Crippen LogP contribution in [0.25, 0.3) is 0 Å². The second-order valence-electron chi connectivity index (χ2n) is 2.09. The largest absolute Gasteiger partial charge is 0.487 e. The molecule has 0 radical (unpaired) electrons. The molecule has 0 aliphatic rings. The van der Waals surface area contributed by atoms with Crippen molar-refractivity contribution in [3.63, 3.8) is 0 Å². The lowest BCUT2D eigenvalue weighted by molar-refractivity contribution is 0.333. The summed E-state index contributed by atoms with van der Waals surface area (Å²) >= 11 is 0. The number of nitrogens with one attached hydrogen (secondary N) is 1. The van der Waals surface area contributed by atoms with Crippen molar-refractivity contribution in [2.75, 3.05) is 6.61 Å². The van der Waals surface area contributed by atoms with Crippen LogP contribution in [0, 0.1) is 6.92 Å². The van der Waals surface area contributed by atoms with Crippen LogP contribution in [0.3, 0.4) is 0 Å². The average molecular weight is 154 g/mol. The van der Waals surface area contributed by atoms with E-state index in [0.29, 0.717) is 12.4 Å². The highest BCUT2D eigenvalue weighted by Crippen LogP contribution is 1.97. The quantitative estimate of drug-likeness (QED) is 0.674. The van der Waals surface area contributed by atoms with Crippen molar-refractivity contribution in [3.8, 4) is 5.75 Å². The average Bonchev–Trinajstić information content (AvgIpc) is 1.95. The molecule has 4 heteroatoms. The predicted molar refractivity (Wildman–Crippen MR) is 40.8 cm³/mol. The molecule has 11 heavy (non-hydrogen) atoms. The first kappa shape index (κ1) is 7.78. The van der Waals surface area contributed by atoms with Gasteiger partial charge in [0, 0.05) is 0 Å². The minimum Gasteiger partial charge on any atom is -0.487 e. The summed E-state index contributed by atoms with van der Waals surface area (Å²) in [7, 11) is 0. The highest BCUT2D eigenvalue weighted by molar-refractivity contribution is 5.12. The normalized spacial score (nSPS) is 9.64. The highest BCUT2D eigenvalue weighted by Gasteiger charge is 1.98. The molecule has 1 heterocycles. The standard InChI is InChI=1S/C7H10N2O2/c1-3-11-6-4-8-5(2)9-7(6)10/h4H,3H2,1-2H3,(H,8,9,10). The fourth-order valence-corrected chi connectivity index (χ4v) is 0.731. The molecule has 1 aromatic heterocycles. The Labute approximate surface area is 64.2 Å². The molecule has 60 valence electrons. The molecule has 0 aliphatic carbocycles. The predicted octanol–water partition coefficient (Wildman–Crippen LogP) is 0.477. The molecule has 0 atom stereocenters. The van der Waals surface area contributed by atoms with Crippen molar-refractivity contribution in [3.05, 3.63) is 22.4 Å². The molecule has 0 unspecified atom stereocenters. The third kappa shape index (κ3) is 1.80. The van der Waals surface area contributed by atoms with Gasteiger partial charge in [-0.25, -0.2) is 4.98 Å².